The standard InChI is InChI=1S/C20H10N4O2/c1-2-13-14-5-6-16(24-20(14)26-19(13)21-7-1)11-3-4-12-15-9-22-23-10-18(15)25-17(12)8-11/h1-10H. The summed E-state index contributed by atoms with van der Waals surface area (Å²) >= 11 is 0. The molecule has 6 aromatic rings. The second-order valence-corrected chi connectivity index (χ2v) is 6.09. The summed E-state index contributed by atoms with van der Waals surface area (Å²) in [6.45, 7) is 0. The molecule has 26 heavy (non-hydrogen) atoms. The minimum atomic E-state index is 0.578. The third kappa shape index (κ3) is 1.81. The van der Waals surface area contributed by atoms with Crippen LogP contribution in [0, 0.1) is 0 Å². The fraction of sp³-hybridized carbons (Fsp3) is 0. The first kappa shape index (κ1) is 13.5. The van der Waals surface area contributed by atoms with Gasteiger partial charge in [-0.1, -0.05) is 6.07 Å². The Bertz CT molecular complexity index is 1340. The number of hydrogen-bond acceptors (Lipinski definition) is 6. The molecule has 0 atom stereocenters. The predicted octanol–water partition coefficient (Wildman–Crippen LogP) is 4.73. The van der Waals surface area contributed by atoms with E-state index in [-0.39, 0.29) is 0 Å². The van der Waals surface area contributed by atoms with Gasteiger partial charge in [0.25, 0.3) is 0 Å². The van der Waals surface area contributed by atoms with Crippen LogP contribution in [0.1, 0.15) is 0 Å². The lowest BCUT2D eigenvalue weighted by molar-refractivity contribution is 0.640. The molecule has 0 amide bonds. The van der Waals surface area contributed by atoms with Crippen LogP contribution < -0.4 is 0 Å². The highest BCUT2D eigenvalue weighted by atomic mass is 16.3. The van der Waals surface area contributed by atoms with Gasteiger partial charge in [0.05, 0.1) is 23.5 Å². The van der Waals surface area contributed by atoms with Gasteiger partial charge in [-0.25, -0.2) is 9.97 Å². The number of nitrogens with zero attached hydrogens (tertiary/aromatic N) is 4. The molecule has 0 aliphatic rings. The zero-order chi connectivity index (χ0) is 17.1. The number of fused-ring (bicyclic) bond motifs is 6. The Kier molecular flexibility index (Phi) is 2.52. The largest absolute Gasteiger partial charge is 0.454 e. The monoisotopic (exact) mass is 338 g/mol. The molecule has 0 saturated carbocycles. The SMILES string of the molecule is c1cnc2oc3nc(-c4ccc5c(c4)oc4cnncc45)ccc3c2c1. The van der Waals surface area contributed by atoms with E-state index in [1.54, 1.807) is 18.6 Å². The summed E-state index contributed by atoms with van der Waals surface area (Å²) in [5, 5.41) is 11.7. The van der Waals surface area contributed by atoms with E-state index < -0.39 is 0 Å². The molecule has 6 heteroatoms. The van der Waals surface area contributed by atoms with Gasteiger partial charge in [-0.2, -0.15) is 10.2 Å². The molecule has 0 aliphatic carbocycles. The third-order valence-electron chi connectivity index (χ3n) is 4.60. The molecule has 0 bridgehead atoms. The van der Waals surface area contributed by atoms with Crippen LogP contribution >= 0.6 is 0 Å². The normalized spacial score (nSPS) is 11.8. The Morgan fingerprint density at radius 3 is 2.58 bits per heavy atom. The van der Waals surface area contributed by atoms with Gasteiger partial charge < -0.3 is 8.83 Å². The van der Waals surface area contributed by atoms with E-state index in [0.29, 0.717) is 11.4 Å². The summed E-state index contributed by atoms with van der Waals surface area (Å²) in [6.07, 6.45) is 5.05. The van der Waals surface area contributed by atoms with E-state index in [4.69, 9.17) is 8.83 Å². The highest BCUT2D eigenvalue weighted by Crippen LogP contribution is 2.32. The molecule has 0 aliphatic heterocycles. The van der Waals surface area contributed by atoms with Crippen LogP contribution in [0.4, 0.5) is 0 Å². The molecule has 0 unspecified atom stereocenters. The van der Waals surface area contributed by atoms with Crippen LogP contribution in [0.2, 0.25) is 0 Å². The summed E-state index contributed by atoms with van der Waals surface area (Å²) in [4.78, 5) is 8.92. The maximum atomic E-state index is 5.89. The average molecular weight is 338 g/mol. The first-order chi connectivity index (χ1) is 12.9. The van der Waals surface area contributed by atoms with E-state index >= 15 is 0 Å². The van der Waals surface area contributed by atoms with Crippen LogP contribution in [0.25, 0.3) is 55.4 Å². The number of pyridine rings is 2. The number of rotatable bonds is 1. The molecule has 1 aromatic carbocycles. The van der Waals surface area contributed by atoms with Gasteiger partial charge >= 0.3 is 0 Å². The van der Waals surface area contributed by atoms with Crippen molar-refractivity contribution in [3.63, 3.8) is 0 Å². The van der Waals surface area contributed by atoms with Crippen molar-refractivity contribution in [2.24, 2.45) is 0 Å². The summed E-state index contributed by atoms with van der Waals surface area (Å²) in [7, 11) is 0. The van der Waals surface area contributed by atoms with Crippen molar-refractivity contribution in [1.82, 2.24) is 20.2 Å². The lowest BCUT2D eigenvalue weighted by Gasteiger charge is -2.00. The fourth-order valence-corrected chi connectivity index (χ4v) is 3.35. The van der Waals surface area contributed by atoms with Crippen LogP contribution in [0.5, 0.6) is 0 Å². The number of hydrogen-bond donors (Lipinski definition) is 0. The molecule has 5 heterocycles. The second kappa shape index (κ2) is 4.86. The van der Waals surface area contributed by atoms with Gasteiger partial charge in [-0.15, -0.1) is 0 Å². The molecular formula is C20H10N4O2. The van der Waals surface area contributed by atoms with Crippen molar-refractivity contribution in [2.45, 2.75) is 0 Å². The van der Waals surface area contributed by atoms with Crippen molar-refractivity contribution in [3.05, 3.63) is 61.1 Å². The lowest BCUT2D eigenvalue weighted by atomic mass is 10.1. The summed E-state index contributed by atoms with van der Waals surface area (Å²) in [5.41, 5.74) is 4.44. The quantitative estimate of drug-likeness (QED) is 0.431. The molecule has 0 fully saturated rings. The average Bonchev–Trinajstić information content (AvgIpc) is 3.24. The highest BCUT2D eigenvalue weighted by Gasteiger charge is 2.12. The minimum absolute atomic E-state index is 0.578. The molecule has 122 valence electrons. The van der Waals surface area contributed by atoms with Crippen molar-refractivity contribution in [1.29, 1.82) is 0 Å². The van der Waals surface area contributed by atoms with E-state index in [2.05, 4.69) is 20.2 Å². The van der Waals surface area contributed by atoms with E-state index in [1.165, 1.54) is 0 Å². The maximum absolute atomic E-state index is 5.89. The molecule has 0 radical (unpaired) electrons. The fourth-order valence-electron chi connectivity index (χ4n) is 3.35. The number of benzene rings is 1. The topological polar surface area (TPSA) is 77.8 Å². The van der Waals surface area contributed by atoms with E-state index in [0.717, 1.165) is 44.0 Å². The van der Waals surface area contributed by atoms with Gasteiger partial charge in [-0.05, 0) is 36.4 Å². The second-order valence-electron chi connectivity index (χ2n) is 6.09. The minimum Gasteiger partial charge on any atom is -0.454 e. The molecule has 6 nitrogen and oxygen atoms in total. The lowest BCUT2D eigenvalue weighted by Crippen LogP contribution is -1.83. The van der Waals surface area contributed by atoms with Crippen LogP contribution in [-0.4, -0.2) is 20.2 Å². The molecular weight excluding hydrogens is 328 g/mol. The van der Waals surface area contributed by atoms with Crippen LogP contribution in [0.3, 0.4) is 0 Å². The van der Waals surface area contributed by atoms with Crippen molar-refractivity contribution < 1.29 is 8.83 Å². The van der Waals surface area contributed by atoms with Crippen LogP contribution in [0.15, 0.2) is 69.9 Å². The highest BCUT2D eigenvalue weighted by molar-refractivity contribution is 6.05. The van der Waals surface area contributed by atoms with Gasteiger partial charge in [0.15, 0.2) is 5.58 Å². The zero-order valence-electron chi connectivity index (χ0n) is 13.4. The Morgan fingerprint density at radius 2 is 1.58 bits per heavy atom. The van der Waals surface area contributed by atoms with Crippen molar-refractivity contribution in [2.75, 3.05) is 0 Å². The smallest absolute Gasteiger partial charge is 0.230 e. The first-order valence-electron chi connectivity index (χ1n) is 8.14. The summed E-state index contributed by atoms with van der Waals surface area (Å²) < 4.78 is 11.7. The Labute approximate surface area is 146 Å². The molecule has 0 N–H and O–H groups in total. The Hall–Kier alpha value is -3.80. The number of furan rings is 2. The predicted molar refractivity (Wildman–Crippen MR) is 97.6 cm³/mol. The van der Waals surface area contributed by atoms with Gasteiger partial charge in [0, 0.05) is 27.9 Å². The summed E-state index contributed by atoms with van der Waals surface area (Å²) in [6, 6.07) is 13.9. The maximum Gasteiger partial charge on any atom is 0.230 e. The van der Waals surface area contributed by atoms with E-state index in [9.17, 15) is 0 Å². The molecule has 0 saturated heterocycles. The van der Waals surface area contributed by atoms with Gasteiger partial charge in [-0.3, -0.25) is 0 Å². The Balaban J connectivity index is 1.57. The zero-order valence-corrected chi connectivity index (χ0v) is 13.4. The molecule has 6 rings (SSSR count). The first-order valence-corrected chi connectivity index (χ1v) is 8.14. The third-order valence-corrected chi connectivity index (χ3v) is 4.60. The number of aromatic nitrogens is 4. The van der Waals surface area contributed by atoms with E-state index in [1.807, 2.05) is 42.5 Å². The van der Waals surface area contributed by atoms with Gasteiger partial charge in [0.1, 0.15) is 5.58 Å². The Morgan fingerprint density at radius 1 is 0.692 bits per heavy atom. The van der Waals surface area contributed by atoms with Crippen molar-refractivity contribution >= 4 is 44.1 Å². The van der Waals surface area contributed by atoms with Crippen molar-refractivity contribution in [3.8, 4) is 11.3 Å². The summed E-state index contributed by atoms with van der Waals surface area (Å²) in [5.74, 6) is 0. The van der Waals surface area contributed by atoms with Gasteiger partial charge in [0.2, 0.25) is 11.4 Å². The molecule has 5 aromatic heterocycles. The molecule has 0 spiro atoms. The van der Waals surface area contributed by atoms with Crippen LogP contribution in [-0.2, 0) is 0 Å².